The van der Waals surface area contributed by atoms with Gasteiger partial charge in [0.1, 0.15) is 17.2 Å². The number of anilines is 2. The van der Waals surface area contributed by atoms with E-state index in [-0.39, 0.29) is 17.5 Å². The van der Waals surface area contributed by atoms with Crippen LogP contribution in [0.2, 0.25) is 0 Å². The van der Waals surface area contributed by atoms with E-state index >= 15 is 0 Å². The summed E-state index contributed by atoms with van der Waals surface area (Å²) in [5.41, 5.74) is 2.55. The number of ether oxygens (including phenoxy) is 1. The maximum absolute atomic E-state index is 13.3. The summed E-state index contributed by atoms with van der Waals surface area (Å²) in [4.78, 5) is 39.9. The Morgan fingerprint density at radius 3 is 2.18 bits per heavy atom. The highest BCUT2D eigenvalue weighted by molar-refractivity contribution is 8.00. The summed E-state index contributed by atoms with van der Waals surface area (Å²) in [5.74, 6) is 0.395. The fourth-order valence-electron chi connectivity index (χ4n) is 4.04. The van der Waals surface area contributed by atoms with Gasteiger partial charge < -0.3 is 20.7 Å². The molecule has 44 heavy (non-hydrogen) atoms. The molecule has 0 aliphatic carbocycles. The first-order valence-electron chi connectivity index (χ1n) is 13.8. The van der Waals surface area contributed by atoms with E-state index < -0.39 is 11.2 Å². The number of hydrogen-bond acceptors (Lipinski definition) is 6. The number of thioether (sulfide) groups is 1. The predicted octanol–water partition coefficient (Wildman–Crippen LogP) is 8.07. The minimum atomic E-state index is -0.465. The summed E-state index contributed by atoms with van der Waals surface area (Å²) >= 11 is 2.86. The van der Waals surface area contributed by atoms with Gasteiger partial charge in [0.15, 0.2) is 0 Å². The summed E-state index contributed by atoms with van der Waals surface area (Å²) in [7, 11) is 0. The van der Waals surface area contributed by atoms with Gasteiger partial charge in [-0.3, -0.25) is 14.4 Å². The monoisotopic (exact) mass is 619 g/mol. The van der Waals surface area contributed by atoms with Crippen LogP contribution in [-0.2, 0) is 9.59 Å². The van der Waals surface area contributed by atoms with E-state index in [1.54, 1.807) is 72.8 Å². The number of rotatable bonds is 11. The third kappa shape index (κ3) is 8.70. The molecule has 1 unspecified atom stereocenters. The zero-order chi connectivity index (χ0) is 30.7. The molecule has 0 aliphatic rings. The second-order valence-corrected chi connectivity index (χ2v) is 11.8. The molecule has 9 heteroatoms. The molecule has 5 rings (SSSR count). The van der Waals surface area contributed by atoms with Crippen molar-refractivity contribution in [3.05, 3.63) is 143 Å². The first-order valence-corrected chi connectivity index (χ1v) is 15.6. The molecule has 0 bridgehead atoms. The van der Waals surface area contributed by atoms with Crippen molar-refractivity contribution in [1.29, 1.82) is 0 Å². The summed E-state index contributed by atoms with van der Waals surface area (Å²) in [6.45, 7) is 1.82. The van der Waals surface area contributed by atoms with Gasteiger partial charge in [-0.25, -0.2) is 0 Å². The number of benzene rings is 4. The lowest BCUT2D eigenvalue weighted by Gasteiger charge is -2.14. The number of hydrogen-bond donors (Lipinski definition) is 3. The zero-order valence-corrected chi connectivity index (χ0v) is 25.4. The lowest BCUT2D eigenvalue weighted by atomic mass is 10.2. The van der Waals surface area contributed by atoms with Crippen LogP contribution in [0.5, 0.6) is 11.5 Å². The van der Waals surface area contributed by atoms with Gasteiger partial charge in [0.2, 0.25) is 5.91 Å². The fraction of sp³-hybridized carbons (Fsp3) is 0.0571. The molecule has 1 heterocycles. The van der Waals surface area contributed by atoms with Crippen molar-refractivity contribution in [2.45, 2.75) is 17.1 Å². The maximum Gasteiger partial charge on any atom is 0.272 e. The minimum Gasteiger partial charge on any atom is -0.457 e. The summed E-state index contributed by atoms with van der Waals surface area (Å²) in [6, 6.07) is 34.5. The van der Waals surface area contributed by atoms with Crippen LogP contribution in [0.3, 0.4) is 0 Å². The second-order valence-electron chi connectivity index (χ2n) is 9.61. The van der Waals surface area contributed by atoms with Crippen molar-refractivity contribution in [3.8, 4) is 11.5 Å². The van der Waals surface area contributed by atoms with Crippen molar-refractivity contribution in [2.75, 3.05) is 10.6 Å². The molecule has 220 valence electrons. The third-order valence-corrected chi connectivity index (χ3v) is 8.05. The Hall–Kier alpha value is -5.12. The molecule has 1 atom stereocenters. The molecule has 4 aromatic carbocycles. The Morgan fingerprint density at radius 2 is 1.48 bits per heavy atom. The molecular formula is C35H29N3O4S2. The third-order valence-electron chi connectivity index (χ3n) is 6.26. The van der Waals surface area contributed by atoms with Gasteiger partial charge in [-0.1, -0.05) is 42.5 Å². The Labute approximate surface area is 264 Å². The van der Waals surface area contributed by atoms with Gasteiger partial charge in [0.25, 0.3) is 11.8 Å². The standard InChI is InChI=1S/C35H29N3O4S2/c1-24(33(39)36-27-15-17-30(18-16-27)42-29-12-6-3-7-13-29)44-31-14-8-11-28(22-31)37-35(41)32(21-25-19-20-43-23-25)38-34(40)26-9-4-2-5-10-26/h2-24H,1H3,(H,36,39)(H,37,41)(H,38,40)/b32-21-. The van der Waals surface area contributed by atoms with Crippen LogP contribution in [0.25, 0.3) is 6.08 Å². The second kappa shape index (κ2) is 14.9. The highest BCUT2D eigenvalue weighted by Crippen LogP contribution is 2.28. The molecule has 0 fully saturated rings. The largest absolute Gasteiger partial charge is 0.457 e. The van der Waals surface area contributed by atoms with Gasteiger partial charge in [-0.15, -0.1) is 11.8 Å². The predicted molar refractivity (Wildman–Crippen MR) is 178 cm³/mol. The van der Waals surface area contributed by atoms with Gasteiger partial charge in [-0.05, 0) is 102 Å². The van der Waals surface area contributed by atoms with E-state index in [1.807, 2.05) is 66.2 Å². The van der Waals surface area contributed by atoms with E-state index in [4.69, 9.17) is 4.74 Å². The number of thiophene rings is 1. The number of carbonyl (C=O) groups excluding carboxylic acids is 3. The highest BCUT2D eigenvalue weighted by Gasteiger charge is 2.17. The fourth-order valence-corrected chi connectivity index (χ4v) is 5.59. The van der Waals surface area contributed by atoms with Crippen LogP contribution in [0.4, 0.5) is 11.4 Å². The van der Waals surface area contributed by atoms with E-state index in [0.29, 0.717) is 22.7 Å². The highest BCUT2D eigenvalue weighted by atomic mass is 32.2. The molecule has 0 saturated heterocycles. The Morgan fingerprint density at radius 1 is 0.773 bits per heavy atom. The van der Waals surface area contributed by atoms with Crippen LogP contribution in [-0.4, -0.2) is 23.0 Å². The smallest absolute Gasteiger partial charge is 0.272 e. The maximum atomic E-state index is 13.3. The topological polar surface area (TPSA) is 96.5 Å². The summed E-state index contributed by atoms with van der Waals surface area (Å²) < 4.78 is 5.81. The first-order chi connectivity index (χ1) is 21.4. The van der Waals surface area contributed by atoms with E-state index in [2.05, 4.69) is 16.0 Å². The molecule has 7 nitrogen and oxygen atoms in total. The van der Waals surface area contributed by atoms with Gasteiger partial charge >= 0.3 is 0 Å². The van der Waals surface area contributed by atoms with Gasteiger partial charge in [0.05, 0.1) is 5.25 Å². The van der Waals surface area contributed by atoms with Crippen molar-refractivity contribution < 1.29 is 19.1 Å². The number of para-hydroxylation sites is 1. The SMILES string of the molecule is CC(Sc1cccc(NC(=O)/C(=C/c2ccsc2)NC(=O)c2ccccc2)c1)C(=O)Nc1ccc(Oc2ccccc2)cc1. The molecule has 3 amide bonds. The average Bonchev–Trinajstić information content (AvgIpc) is 3.56. The van der Waals surface area contributed by atoms with Crippen LogP contribution in [0.15, 0.2) is 137 Å². The van der Waals surface area contributed by atoms with Crippen molar-refractivity contribution in [1.82, 2.24) is 5.32 Å². The number of nitrogens with one attached hydrogen (secondary N) is 3. The van der Waals surface area contributed by atoms with Crippen molar-refractivity contribution in [2.24, 2.45) is 0 Å². The quantitative estimate of drug-likeness (QED) is 0.103. The van der Waals surface area contributed by atoms with Crippen LogP contribution >= 0.6 is 23.1 Å². The lowest BCUT2D eigenvalue weighted by molar-refractivity contribution is -0.115. The Balaban J connectivity index is 1.20. The summed E-state index contributed by atoms with van der Waals surface area (Å²) in [6.07, 6.45) is 1.64. The Kier molecular flexibility index (Phi) is 10.2. The summed E-state index contributed by atoms with van der Waals surface area (Å²) in [5, 5.41) is 11.9. The van der Waals surface area contributed by atoms with E-state index in [0.717, 1.165) is 16.2 Å². The first kappa shape index (κ1) is 30.3. The molecular weight excluding hydrogens is 591 g/mol. The van der Waals surface area contributed by atoms with Crippen LogP contribution in [0.1, 0.15) is 22.8 Å². The van der Waals surface area contributed by atoms with Crippen molar-refractivity contribution in [3.63, 3.8) is 0 Å². The molecule has 1 aromatic heterocycles. The molecule has 0 radical (unpaired) electrons. The zero-order valence-electron chi connectivity index (χ0n) is 23.7. The number of carbonyl (C=O) groups is 3. The van der Waals surface area contributed by atoms with Crippen molar-refractivity contribution >= 4 is 58.3 Å². The average molecular weight is 620 g/mol. The lowest BCUT2D eigenvalue weighted by Crippen LogP contribution is -2.30. The minimum absolute atomic E-state index is 0.114. The van der Waals surface area contributed by atoms with Crippen LogP contribution < -0.4 is 20.7 Å². The van der Waals surface area contributed by atoms with E-state index in [1.165, 1.54) is 23.1 Å². The molecule has 0 spiro atoms. The molecule has 5 aromatic rings. The molecule has 3 N–H and O–H groups in total. The van der Waals surface area contributed by atoms with Gasteiger partial charge in [-0.2, -0.15) is 11.3 Å². The normalized spacial score (nSPS) is 11.7. The van der Waals surface area contributed by atoms with Crippen LogP contribution in [0, 0.1) is 0 Å². The number of amides is 3. The Bertz CT molecular complexity index is 1740. The molecule has 0 aliphatic heterocycles. The molecule has 0 saturated carbocycles. The van der Waals surface area contributed by atoms with Gasteiger partial charge in [0, 0.05) is 21.8 Å². The van der Waals surface area contributed by atoms with E-state index in [9.17, 15) is 14.4 Å².